The third kappa shape index (κ3) is 18.4. The van der Waals surface area contributed by atoms with Gasteiger partial charge >= 0.3 is 0 Å². The fourth-order valence-corrected chi connectivity index (χ4v) is 10.4. The van der Waals surface area contributed by atoms with Gasteiger partial charge in [0.25, 0.3) is 0 Å². The molecule has 0 aliphatic heterocycles. The summed E-state index contributed by atoms with van der Waals surface area (Å²) in [5, 5.41) is 0. The summed E-state index contributed by atoms with van der Waals surface area (Å²) in [6.07, 6.45) is 11.0. The fraction of sp³-hybridized carbons (Fsp3) is 0.304. The molecule has 10 rings (SSSR count). The van der Waals surface area contributed by atoms with Gasteiger partial charge in [-0.2, -0.15) is 0 Å². The Labute approximate surface area is 515 Å². The van der Waals surface area contributed by atoms with Crippen molar-refractivity contribution in [2.45, 2.75) is 115 Å². The van der Waals surface area contributed by atoms with Crippen LogP contribution in [0, 0.1) is 53.4 Å². The van der Waals surface area contributed by atoms with Crippen LogP contribution in [-0.4, -0.2) is 0 Å². The first-order chi connectivity index (χ1) is 42.5. The molecule has 10 aromatic rings. The van der Waals surface area contributed by atoms with Crippen molar-refractivity contribution in [2.75, 3.05) is 0 Å². The summed E-state index contributed by atoms with van der Waals surface area (Å²) in [7, 11) is 10.2. The van der Waals surface area contributed by atoms with Crippen LogP contribution in [0.5, 0.6) is 0 Å². The van der Waals surface area contributed by atoms with Gasteiger partial charge < -0.3 is 0 Å². The van der Waals surface area contributed by atoms with E-state index in [-0.39, 0.29) is 5.92 Å². The van der Waals surface area contributed by atoms with E-state index >= 15 is 0 Å². The third-order valence-electron chi connectivity index (χ3n) is 15.0. The van der Waals surface area contributed by atoms with Gasteiger partial charge in [0.15, 0.2) is 31.0 Å². The molecule has 434 valence electrons. The van der Waals surface area contributed by atoms with E-state index < -0.39 is 19.1 Å². The van der Waals surface area contributed by atoms with Crippen molar-refractivity contribution in [2.24, 2.45) is 47.1 Å². The number of hydrogen-bond acceptors (Lipinski definition) is 0. The first-order valence-electron chi connectivity index (χ1n) is 32.7. The van der Waals surface area contributed by atoms with Gasteiger partial charge in [-0.15, -0.1) is 0 Å². The number of aryl methyl sites for hydroxylation is 12. The maximum absolute atomic E-state index is 8.26. The van der Waals surface area contributed by atoms with E-state index in [1.54, 1.807) is 6.07 Å². The number of aromatic nitrogens is 5. The number of hydrogen-bond donors (Lipinski definition) is 0. The van der Waals surface area contributed by atoms with Crippen molar-refractivity contribution in [1.82, 2.24) is 0 Å². The van der Waals surface area contributed by atoms with Crippen molar-refractivity contribution in [3.8, 4) is 56.3 Å². The second-order valence-electron chi connectivity index (χ2n) is 23.0. The van der Waals surface area contributed by atoms with E-state index in [9.17, 15) is 0 Å². The summed E-state index contributed by atoms with van der Waals surface area (Å²) in [6.45, 7) is 22.4. The number of rotatable bonds is 11. The van der Waals surface area contributed by atoms with Gasteiger partial charge in [0.05, 0.1) is 0 Å². The quantitative estimate of drug-likeness (QED) is 0.115. The van der Waals surface area contributed by atoms with E-state index in [4.69, 9.17) is 8.22 Å². The second kappa shape index (κ2) is 31.5. The third-order valence-corrected chi connectivity index (χ3v) is 15.0. The highest BCUT2D eigenvalue weighted by Crippen LogP contribution is 2.27. The Morgan fingerprint density at radius 3 is 1.20 bits per heavy atom. The summed E-state index contributed by atoms with van der Waals surface area (Å²) < 4.78 is 58.0. The molecule has 0 fully saturated rings. The van der Waals surface area contributed by atoms with Crippen LogP contribution in [0.3, 0.4) is 0 Å². The molecule has 0 saturated carbocycles. The van der Waals surface area contributed by atoms with Crippen LogP contribution in [-0.2, 0) is 54.5 Å². The molecular weight excluding hydrogens is 1020 g/mol. The van der Waals surface area contributed by atoms with Gasteiger partial charge in [0.1, 0.15) is 35.2 Å². The van der Waals surface area contributed by atoms with Crippen molar-refractivity contribution in [3.63, 3.8) is 0 Å². The molecule has 5 heterocycles. The lowest BCUT2D eigenvalue weighted by Gasteiger charge is -2.09. The van der Waals surface area contributed by atoms with Gasteiger partial charge in [0.2, 0.25) is 28.5 Å². The van der Waals surface area contributed by atoms with Gasteiger partial charge in [-0.05, 0) is 177 Å². The zero-order chi connectivity index (χ0) is 66.3. The molecular formula is C79H98N5+5. The van der Waals surface area contributed by atoms with Crippen molar-refractivity contribution in [1.29, 1.82) is 0 Å². The largest absolute Gasteiger partial charge is 0.212 e. The molecule has 0 aliphatic rings. The zero-order valence-corrected chi connectivity index (χ0v) is 53.5. The summed E-state index contributed by atoms with van der Waals surface area (Å²) in [6, 6.07) is 62.6. The molecule has 1 atom stereocenters. The number of pyridine rings is 5. The predicted octanol–water partition coefficient (Wildman–Crippen LogP) is 16.8. The van der Waals surface area contributed by atoms with E-state index in [1.807, 2.05) is 117 Å². The Hall–Kier alpha value is -8.15. The molecule has 5 nitrogen and oxygen atoms in total. The lowest BCUT2D eigenvalue weighted by molar-refractivity contribution is -0.660. The van der Waals surface area contributed by atoms with E-state index in [0.29, 0.717) is 11.5 Å². The van der Waals surface area contributed by atoms with Crippen LogP contribution in [0.25, 0.3) is 56.3 Å². The van der Waals surface area contributed by atoms with Crippen LogP contribution in [0.15, 0.2) is 213 Å². The normalized spacial score (nSPS) is 12.8. The van der Waals surface area contributed by atoms with Crippen LogP contribution in [0.4, 0.5) is 0 Å². The van der Waals surface area contributed by atoms with Gasteiger partial charge in [-0.25, -0.2) is 22.8 Å². The molecule has 1 unspecified atom stereocenters. The Morgan fingerprint density at radius 1 is 0.369 bits per heavy atom. The number of nitrogens with zero attached hydrogens (tertiary/aromatic N) is 5. The molecule has 5 aromatic heterocycles. The molecule has 0 N–H and O–H groups in total. The second-order valence-corrected chi connectivity index (χ2v) is 23.0. The number of benzene rings is 5. The predicted molar refractivity (Wildman–Crippen MR) is 354 cm³/mol. The topological polar surface area (TPSA) is 19.4 Å². The standard InChI is InChI=1S/2C17H22N.C16H20N.C15H18N.C14H16N/c1-13(2)11-15-8-9-16(14(3)12-15)17-7-5-6-10-18(17)4;1-13(2)11-15-9-10-18(4)17(12-15)16-8-6-5-7-14(16)3;1-12(2)14-9-10-17(4)16(11-14)15-8-6-5-7-13(15)3;1-4-13-8-9-14(12(2)11-13)15-7-5-6-10-16(15)3;1-11-7-8-13(12(2)10-11)14-6-4-5-9-15(14)3/h2*5-10,12-13H,11H2,1-4H3;5-12H,1-4H3;5-11H,4H2,1-3H3;4-10H,1-3H3/q5*+1/i;11D2;1D3,12D;;. The highest BCUT2D eigenvalue weighted by molar-refractivity contribution is 5.65. The molecule has 0 amide bonds. The van der Waals surface area contributed by atoms with Gasteiger partial charge in [0, 0.05) is 96.7 Å². The molecule has 0 saturated heterocycles. The minimum atomic E-state index is -2.37. The fourth-order valence-electron chi connectivity index (χ4n) is 10.4. The Morgan fingerprint density at radius 2 is 0.774 bits per heavy atom. The van der Waals surface area contributed by atoms with Gasteiger partial charge in [-0.1, -0.05) is 127 Å². The molecule has 5 aromatic carbocycles. The van der Waals surface area contributed by atoms with Crippen LogP contribution in [0.1, 0.15) is 118 Å². The SMILES string of the molecule is CCc1ccc(-c2cccc[n+]2C)c(C)c1.Cc1cc(CC(C)C)ccc1-c1cccc[n+]1C.Cc1ccc(-c2cccc[n+]2C)c(C)c1.[2H]C([2H])([2H])C([2H])(C)c1cc[n+](C)c(-c2ccccc2C)c1.[2H]C([2H])(c1cc[n+](C)c(-c2ccccc2C)c1)C(C)C. The average molecular weight is 1120 g/mol. The van der Waals surface area contributed by atoms with E-state index in [2.05, 4.69) is 224 Å². The highest BCUT2D eigenvalue weighted by Gasteiger charge is 2.17. The first kappa shape index (κ1) is 56.3. The van der Waals surface area contributed by atoms with Crippen LogP contribution >= 0.6 is 0 Å². The first-order valence-corrected chi connectivity index (χ1v) is 29.7. The molecule has 0 spiro atoms. The Kier molecular flexibility index (Phi) is 21.1. The monoisotopic (exact) mass is 1120 g/mol. The summed E-state index contributed by atoms with van der Waals surface area (Å²) in [5.74, 6) is -0.971. The maximum Gasteiger partial charge on any atom is 0.212 e. The van der Waals surface area contributed by atoms with Gasteiger partial charge in [-0.3, -0.25) is 0 Å². The van der Waals surface area contributed by atoms with Crippen molar-refractivity contribution in [3.05, 3.63) is 269 Å². The molecule has 0 radical (unpaired) electrons. The smallest absolute Gasteiger partial charge is 0.201 e. The zero-order valence-electron chi connectivity index (χ0n) is 59.5. The molecule has 5 heteroatoms. The van der Waals surface area contributed by atoms with Crippen LogP contribution < -0.4 is 22.8 Å². The van der Waals surface area contributed by atoms with Crippen LogP contribution in [0.2, 0.25) is 0 Å². The summed E-state index contributed by atoms with van der Waals surface area (Å²) in [5.41, 5.74) is 23.6. The molecule has 0 bridgehead atoms. The average Bonchev–Trinajstić information content (AvgIpc) is 0.830. The van der Waals surface area contributed by atoms with Crippen molar-refractivity contribution >= 4 is 0 Å². The molecule has 0 aliphatic carbocycles. The minimum absolute atomic E-state index is 0.0556. The lowest BCUT2D eigenvalue weighted by Crippen LogP contribution is -2.30. The minimum Gasteiger partial charge on any atom is -0.201 e. The highest BCUT2D eigenvalue weighted by atomic mass is 14.9. The Balaban J connectivity index is 0.000000180. The summed E-state index contributed by atoms with van der Waals surface area (Å²) >= 11 is 0. The molecule has 84 heavy (non-hydrogen) atoms. The Bertz CT molecular complexity index is 4010. The van der Waals surface area contributed by atoms with Crippen molar-refractivity contribution < 1.29 is 31.1 Å². The lowest BCUT2D eigenvalue weighted by atomic mass is 9.97. The maximum atomic E-state index is 8.26. The van der Waals surface area contributed by atoms with E-state index in [1.165, 1.54) is 79.6 Å². The van der Waals surface area contributed by atoms with E-state index in [0.717, 1.165) is 46.5 Å². The summed E-state index contributed by atoms with van der Waals surface area (Å²) in [4.78, 5) is 0.